The van der Waals surface area contributed by atoms with Crippen molar-refractivity contribution in [1.29, 1.82) is 0 Å². The molecular formula is C16H28Cl2N4O. The van der Waals surface area contributed by atoms with E-state index in [-0.39, 0.29) is 30.7 Å². The van der Waals surface area contributed by atoms with Crippen LogP contribution < -0.4 is 16.0 Å². The lowest BCUT2D eigenvalue weighted by atomic mass is 10.0. The van der Waals surface area contributed by atoms with Gasteiger partial charge in [0.15, 0.2) is 0 Å². The van der Waals surface area contributed by atoms with Crippen molar-refractivity contribution in [3.63, 3.8) is 0 Å². The molecule has 0 aliphatic carbocycles. The number of anilines is 2. The molecule has 1 saturated heterocycles. The summed E-state index contributed by atoms with van der Waals surface area (Å²) in [6, 6.07) is 8.42. The number of carbonyl (C=O) groups is 1. The summed E-state index contributed by atoms with van der Waals surface area (Å²) in [6.45, 7) is 2.93. The van der Waals surface area contributed by atoms with Crippen LogP contribution in [0, 0.1) is 0 Å². The molecule has 0 spiro atoms. The second-order valence-corrected chi connectivity index (χ2v) is 5.67. The van der Waals surface area contributed by atoms with Crippen LogP contribution in [0.4, 0.5) is 11.4 Å². The summed E-state index contributed by atoms with van der Waals surface area (Å²) < 4.78 is 0. The van der Waals surface area contributed by atoms with E-state index in [9.17, 15) is 4.79 Å². The van der Waals surface area contributed by atoms with Gasteiger partial charge in [0.2, 0.25) is 5.91 Å². The van der Waals surface area contributed by atoms with E-state index in [2.05, 4.69) is 27.9 Å². The predicted molar refractivity (Wildman–Crippen MR) is 102 cm³/mol. The Morgan fingerprint density at radius 1 is 1.17 bits per heavy atom. The number of halogens is 2. The molecule has 0 saturated carbocycles. The number of likely N-dealkylation sites (tertiary alicyclic amines) is 1. The fraction of sp³-hybridized carbons (Fsp3) is 0.562. The van der Waals surface area contributed by atoms with Crippen LogP contribution in [-0.2, 0) is 4.79 Å². The van der Waals surface area contributed by atoms with E-state index in [1.54, 1.807) is 0 Å². The van der Waals surface area contributed by atoms with Gasteiger partial charge in [0.05, 0.1) is 11.4 Å². The number of piperidine rings is 1. The highest BCUT2D eigenvalue weighted by Gasteiger charge is 2.17. The first-order valence-corrected chi connectivity index (χ1v) is 7.67. The molecule has 1 heterocycles. The van der Waals surface area contributed by atoms with Gasteiger partial charge in [0.25, 0.3) is 0 Å². The quantitative estimate of drug-likeness (QED) is 0.727. The number of hydrogen-bond donors (Lipinski definition) is 3. The zero-order valence-corrected chi connectivity index (χ0v) is 15.4. The van der Waals surface area contributed by atoms with Crippen molar-refractivity contribution in [3.05, 3.63) is 24.3 Å². The molecule has 0 radical (unpaired) electrons. The Balaban J connectivity index is 0.00000242. The summed E-state index contributed by atoms with van der Waals surface area (Å²) in [5.41, 5.74) is 1.89. The SMILES string of the molecule is CNCCC(=O)Nc1ccccc1NC1CCN(C)CC1.Cl.Cl. The number of benzene rings is 1. The number of hydrogen-bond acceptors (Lipinski definition) is 4. The molecule has 1 aliphatic rings. The van der Waals surface area contributed by atoms with Crippen LogP contribution in [0.15, 0.2) is 24.3 Å². The van der Waals surface area contributed by atoms with Gasteiger partial charge in [-0.1, -0.05) is 12.1 Å². The minimum absolute atomic E-state index is 0. The van der Waals surface area contributed by atoms with E-state index in [4.69, 9.17) is 0 Å². The van der Waals surface area contributed by atoms with Gasteiger partial charge in [-0.3, -0.25) is 4.79 Å². The molecule has 0 aromatic heterocycles. The van der Waals surface area contributed by atoms with Gasteiger partial charge in [0, 0.05) is 19.0 Å². The van der Waals surface area contributed by atoms with Crippen LogP contribution in [0.5, 0.6) is 0 Å². The van der Waals surface area contributed by atoms with Crippen molar-refractivity contribution in [2.24, 2.45) is 0 Å². The Bertz CT molecular complexity index is 465. The van der Waals surface area contributed by atoms with E-state index in [1.165, 1.54) is 0 Å². The Morgan fingerprint density at radius 3 is 2.39 bits per heavy atom. The van der Waals surface area contributed by atoms with Gasteiger partial charge >= 0.3 is 0 Å². The summed E-state index contributed by atoms with van der Waals surface area (Å²) >= 11 is 0. The molecule has 23 heavy (non-hydrogen) atoms. The molecule has 0 atom stereocenters. The van der Waals surface area contributed by atoms with Crippen molar-refractivity contribution in [2.45, 2.75) is 25.3 Å². The highest BCUT2D eigenvalue weighted by molar-refractivity contribution is 5.94. The van der Waals surface area contributed by atoms with E-state index >= 15 is 0 Å². The number of carbonyl (C=O) groups excluding carboxylic acids is 1. The van der Waals surface area contributed by atoms with E-state index in [0.29, 0.717) is 19.0 Å². The van der Waals surface area contributed by atoms with Gasteiger partial charge < -0.3 is 20.9 Å². The molecule has 1 aliphatic heterocycles. The predicted octanol–water partition coefficient (Wildman–Crippen LogP) is 2.58. The van der Waals surface area contributed by atoms with Gasteiger partial charge in [-0.2, -0.15) is 0 Å². The molecular weight excluding hydrogens is 335 g/mol. The maximum Gasteiger partial charge on any atom is 0.225 e. The summed E-state index contributed by atoms with van der Waals surface area (Å²) in [6.07, 6.45) is 2.76. The molecule has 1 aromatic carbocycles. The maximum atomic E-state index is 11.9. The minimum atomic E-state index is 0. The number of para-hydroxylation sites is 2. The van der Waals surface area contributed by atoms with Gasteiger partial charge in [-0.05, 0) is 52.2 Å². The zero-order chi connectivity index (χ0) is 15.1. The molecule has 0 unspecified atom stereocenters. The highest BCUT2D eigenvalue weighted by atomic mass is 35.5. The summed E-state index contributed by atoms with van der Waals surface area (Å²) in [4.78, 5) is 14.2. The molecule has 7 heteroatoms. The van der Waals surface area contributed by atoms with Gasteiger partial charge in [-0.25, -0.2) is 0 Å². The van der Waals surface area contributed by atoms with Crippen LogP contribution in [0.25, 0.3) is 0 Å². The van der Waals surface area contributed by atoms with E-state index < -0.39 is 0 Å². The van der Waals surface area contributed by atoms with Crippen molar-refractivity contribution in [3.8, 4) is 0 Å². The Morgan fingerprint density at radius 2 is 1.78 bits per heavy atom. The second kappa shape index (κ2) is 11.5. The maximum absolute atomic E-state index is 11.9. The van der Waals surface area contributed by atoms with Crippen molar-refractivity contribution < 1.29 is 4.79 Å². The first-order chi connectivity index (χ1) is 10.2. The number of amides is 1. The molecule has 3 N–H and O–H groups in total. The Kier molecular flexibility index (Phi) is 11.0. The fourth-order valence-corrected chi connectivity index (χ4v) is 2.54. The zero-order valence-electron chi connectivity index (χ0n) is 13.8. The Labute approximate surface area is 151 Å². The second-order valence-electron chi connectivity index (χ2n) is 5.67. The van der Waals surface area contributed by atoms with Crippen LogP contribution in [0.3, 0.4) is 0 Å². The molecule has 1 aromatic rings. The molecule has 1 amide bonds. The topological polar surface area (TPSA) is 56.4 Å². The third-order valence-corrected chi connectivity index (χ3v) is 3.88. The van der Waals surface area contributed by atoms with E-state index in [0.717, 1.165) is 37.3 Å². The molecule has 0 bridgehead atoms. The lowest BCUT2D eigenvalue weighted by Gasteiger charge is -2.30. The number of nitrogens with one attached hydrogen (secondary N) is 3. The highest BCUT2D eigenvalue weighted by Crippen LogP contribution is 2.24. The number of rotatable bonds is 6. The van der Waals surface area contributed by atoms with Crippen molar-refractivity contribution >= 4 is 42.1 Å². The molecule has 2 rings (SSSR count). The fourth-order valence-electron chi connectivity index (χ4n) is 2.54. The third-order valence-electron chi connectivity index (χ3n) is 3.88. The number of nitrogens with zero attached hydrogens (tertiary/aromatic N) is 1. The standard InChI is InChI=1S/C16H26N4O.2ClH/c1-17-10-7-16(21)19-15-6-4-3-5-14(15)18-13-8-11-20(2)12-9-13;;/h3-6,13,17-18H,7-12H2,1-2H3,(H,19,21);2*1H. The minimum Gasteiger partial charge on any atom is -0.381 e. The average Bonchev–Trinajstić information content (AvgIpc) is 2.49. The monoisotopic (exact) mass is 362 g/mol. The van der Waals surface area contributed by atoms with E-state index in [1.807, 2.05) is 31.3 Å². The first-order valence-electron chi connectivity index (χ1n) is 7.67. The van der Waals surface area contributed by atoms with Crippen molar-refractivity contribution in [2.75, 3.05) is 44.4 Å². The summed E-state index contributed by atoms with van der Waals surface area (Å²) in [5, 5.41) is 9.55. The van der Waals surface area contributed by atoms with Crippen LogP contribution >= 0.6 is 24.8 Å². The van der Waals surface area contributed by atoms with Gasteiger partial charge in [0.1, 0.15) is 0 Å². The lowest BCUT2D eigenvalue weighted by molar-refractivity contribution is -0.116. The average molecular weight is 363 g/mol. The van der Waals surface area contributed by atoms with Crippen molar-refractivity contribution in [1.82, 2.24) is 10.2 Å². The summed E-state index contributed by atoms with van der Waals surface area (Å²) in [5.74, 6) is 0.0435. The Hall–Kier alpha value is -1.01. The largest absolute Gasteiger partial charge is 0.381 e. The van der Waals surface area contributed by atoms with Gasteiger partial charge in [-0.15, -0.1) is 24.8 Å². The first kappa shape index (κ1) is 22.0. The smallest absolute Gasteiger partial charge is 0.225 e. The molecule has 1 fully saturated rings. The van der Waals surface area contributed by atoms with Crippen LogP contribution in [0.1, 0.15) is 19.3 Å². The van der Waals surface area contributed by atoms with Crippen LogP contribution in [-0.4, -0.2) is 50.6 Å². The molecule has 5 nitrogen and oxygen atoms in total. The normalized spacial score (nSPS) is 15.2. The lowest BCUT2D eigenvalue weighted by Crippen LogP contribution is -2.36. The summed E-state index contributed by atoms with van der Waals surface area (Å²) in [7, 11) is 4.01. The van der Waals surface area contributed by atoms with Crippen LogP contribution in [0.2, 0.25) is 0 Å². The molecule has 132 valence electrons. The third kappa shape index (κ3) is 7.40.